The SMILES string of the molecule is CCCNCc1cc(Cl)ccc1OC(C)COC. The van der Waals surface area contributed by atoms with Crippen molar-refractivity contribution >= 4 is 11.6 Å². The van der Waals surface area contributed by atoms with Crippen LogP contribution in [0, 0.1) is 0 Å². The van der Waals surface area contributed by atoms with Gasteiger partial charge in [-0.1, -0.05) is 18.5 Å². The van der Waals surface area contributed by atoms with Gasteiger partial charge in [-0.3, -0.25) is 0 Å². The van der Waals surface area contributed by atoms with E-state index in [9.17, 15) is 0 Å². The summed E-state index contributed by atoms with van der Waals surface area (Å²) in [5, 5.41) is 4.09. The van der Waals surface area contributed by atoms with Gasteiger partial charge in [-0.05, 0) is 38.1 Å². The standard InChI is InChI=1S/C14H22ClNO2/c1-4-7-16-9-12-8-13(15)5-6-14(12)18-11(2)10-17-3/h5-6,8,11,16H,4,7,9-10H2,1-3H3. The summed E-state index contributed by atoms with van der Waals surface area (Å²) in [5.41, 5.74) is 1.08. The lowest BCUT2D eigenvalue weighted by Gasteiger charge is -2.17. The van der Waals surface area contributed by atoms with Gasteiger partial charge in [0.15, 0.2) is 0 Å². The molecule has 0 amide bonds. The molecule has 0 fully saturated rings. The lowest BCUT2D eigenvalue weighted by atomic mass is 10.2. The van der Waals surface area contributed by atoms with Crippen LogP contribution in [0.15, 0.2) is 18.2 Å². The molecule has 1 atom stereocenters. The molecule has 102 valence electrons. The Hall–Kier alpha value is -0.770. The van der Waals surface area contributed by atoms with Crippen molar-refractivity contribution in [3.63, 3.8) is 0 Å². The molecule has 0 aliphatic heterocycles. The quantitative estimate of drug-likeness (QED) is 0.736. The van der Waals surface area contributed by atoms with Crippen LogP contribution in [0.3, 0.4) is 0 Å². The molecule has 1 N–H and O–H groups in total. The summed E-state index contributed by atoms with van der Waals surface area (Å²) in [4.78, 5) is 0. The van der Waals surface area contributed by atoms with E-state index < -0.39 is 0 Å². The molecular formula is C14H22ClNO2. The second-order valence-electron chi connectivity index (χ2n) is 4.31. The van der Waals surface area contributed by atoms with Crippen molar-refractivity contribution < 1.29 is 9.47 Å². The third kappa shape index (κ3) is 5.25. The minimum atomic E-state index is 0.0288. The number of hydrogen-bond acceptors (Lipinski definition) is 3. The van der Waals surface area contributed by atoms with E-state index in [0.29, 0.717) is 6.61 Å². The first kappa shape index (κ1) is 15.3. The molecule has 0 saturated carbocycles. The number of hydrogen-bond donors (Lipinski definition) is 1. The molecule has 4 heteroatoms. The molecule has 1 unspecified atom stereocenters. The van der Waals surface area contributed by atoms with Gasteiger partial charge < -0.3 is 14.8 Å². The Bertz CT molecular complexity index is 358. The van der Waals surface area contributed by atoms with Crippen LogP contribution in [0.1, 0.15) is 25.8 Å². The summed E-state index contributed by atoms with van der Waals surface area (Å²) in [5.74, 6) is 0.868. The van der Waals surface area contributed by atoms with Crippen molar-refractivity contribution in [2.45, 2.75) is 32.9 Å². The molecule has 1 rings (SSSR count). The van der Waals surface area contributed by atoms with Gasteiger partial charge in [-0.25, -0.2) is 0 Å². The molecule has 0 aromatic heterocycles. The molecule has 18 heavy (non-hydrogen) atoms. The molecule has 0 saturated heterocycles. The van der Waals surface area contributed by atoms with Gasteiger partial charge in [-0.15, -0.1) is 0 Å². The molecule has 0 spiro atoms. The number of methoxy groups -OCH3 is 1. The second kappa shape index (κ2) is 8.35. The predicted octanol–water partition coefficient (Wildman–Crippen LogP) is 3.25. The summed E-state index contributed by atoms with van der Waals surface area (Å²) < 4.78 is 10.9. The van der Waals surface area contributed by atoms with E-state index in [1.54, 1.807) is 7.11 Å². The topological polar surface area (TPSA) is 30.5 Å². The Morgan fingerprint density at radius 1 is 1.39 bits per heavy atom. The number of benzene rings is 1. The van der Waals surface area contributed by atoms with Crippen molar-refractivity contribution in [1.82, 2.24) is 5.32 Å². The Morgan fingerprint density at radius 2 is 2.17 bits per heavy atom. The highest BCUT2D eigenvalue weighted by Crippen LogP contribution is 2.24. The Kier molecular flexibility index (Phi) is 7.09. The Morgan fingerprint density at radius 3 is 2.83 bits per heavy atom. The zero-order chi connectivity index (χ0) is 13.4. The van der Waals surface area contributed by atoms with Crippen LogP contribution < -0.4 is 10.1 Å². The maximum absolute atomic E-state index is 6.02. The summed E-state index contributed by atoms with van der Waals surface area (Å²) in [6.45, 7) is 6.46. The molecule has 0 heterocycles. The van der Waals surface area contributed by atoms with Crippen molar-refractivity contribution in [3.8, 4) is 5.75 Å². The highest BCUT2D eigenvalue weighted by atomic mass is 35.5. The lowest BCUT2D eigenvalue weighted by molar-refractivity contribution is 0.0913. The summed E-state index contributed by atoms with van der Waals surface area (Å²) in [6.07, 6.45) is 1.14. The van der Waals surface area contributed by atoms with E-state index in [4.69, 9.17) is 21.1 Å². The van der Waals surface area contributed by atoms with Crippen LogP contribution in [-0.4, -0.2) is 26.4 Å². The van der Waals surface area contributed by atoms with Gasteiger partial charge >= 0.3 is 0 Å². The molecule has 0 aliphatic rings. The van der Waals surface area contributed by atoms with Crippen molar-refractivity contribution in [1.29, 1.82) is 0 Å². The van der Waals surface area contributed by atoms with Gasteiger partial charge in [0.1, 0.15) is 11.9 Å². The molecule has 0 radical (unpaired) electrons. The average molecular weight is 272 g/mol. The summed E-state index contributed by atoms with van der Waals surface area (Å²) >= 11 is 6.02. The van der Waals surface area contributed by atoms with Gasteiger partial charge in [0.2, 0.25) is 0 Å². The number of ether oxygens (including phenoxy) is 2. The van der Waals surface area contributed by atoms with Gasteiger partial charge in [0.25, 0.3) is 0 Å². The Balaban J connectivity index is 2.69. The van der Waals surface area contributed by atoms with Crippen LogP contribution >= 0.6 is 11.6 Å². The molecule has 1 aromatic rings. The van der Waals surface area contributed by atoms with Crippen LogP contribution in [0.2, 0.25) is 5.02 Å². The first-order valence-corrected chi connectivity index (χ1v) is 6.70. The molecule has 0 bridgehead atoms. The fraction of sp³-hybridized carbons (Fsp3) is 0.571. The first-order valence-electron chi connectivity index (χ1n) is 6.32. The van der Waals surface area contributed by atoms with Crippen molar-refractivity contribution in [3.05, 3.63) is 28.8 Å². The molecule has 1 aromatic carbocycles. The van der Waals surface area contributed by atoms with Gasteiger partial charge in [-0.2, -0.15) is 0 Å². The summed E-state index contributed by atoms with van der Waals surface area (Å²) in [6, 6.07) is 5.70. The van der Waals surface area contributed by atoms with Crippen LogP contribution in [0.5, 0.6) is 5.75 Å². The lowest BCUT2D eigenvalue weighted by Crippen LogP contribution is -2.20. The predicted molar refractivity (Wildman–Crippen MR) is 75.4 cm³/mol. The van der Waals surface area contributed by atoms with Crippen LogP contribution in [-0.2, 0) is 11.3 Å². The van der Waals surface area contributed by atoms with E-state index in [2.05, 4.69) is 12.2 Å². The maximum Gasteiger partial charge on any atom is 0.124 e. The van der Waals surface area contributed by atoms with Crippen LogP contribution in [0.25, 0.3) is 0 Å². The van der Waals surface area contributed by atoms with Gasteiger partial charge in [0.05, 0.1) is 6.61 Å². The molecule has 3 nitrogen and oxygen atoms in total. The fourth-order valence-corrected chi connectivity index (χ4v) is 1.88. The average Bonchev–Trinajstić information content (AvgIpc) is 2.33. The minimum Gasteiger partial charge on any atom is -0.488 e. The highest BCUT2D eigenvalue weighted by molar-refractivity contribution is 6.30. The van der Waals surface area contributed by atoms with E-state index in [-0.39, 0.29) is 6.10 Å². The summed E-state index contributed by atoms with van der Waals surface area (Å²) in [7, 11) is 1.67. The van der Waals surface area contributed by atoms with E-state index >= 15 is 0 Å². The smallest absolute Gasteiger partial charge is 0.124 e. The first-order chi connectivity index (χ1) is 8.67. The third-order valence-corrected chi connectivity index (χ3v) is 2.73. The normalized spacial score (nSPS) is 12.4. The fourth-order valence-electron chi connectivity index (χ4n) is 1.69. The largest absolute Gasteiger partial charge is 0.488 e. The van der Waals surface area contributed by atoms with E-state index in [1.165, 1.54) is 0 Å². The maximum atomic E-state index is 6.02. The number of nitrogens with one attached hydrogen (secondary N) is 1. The Labute approximate surface area is 114 Å². The van der Waals surface area contributed by atoms with Crippen molar-refractivity contribution in [2.24, 2.45) is 0 Å². The third-order valence-electron chi connectivity index (χ3n) is 2.49. The number of rotatable bonds is 8. The van der Waals surface area contributed by atoms with Gasteiger partial charge in [0, 0.05) is 24.2 Å². The zero-order valence-corrected chi connectivity index (χ0v) is 12.1. The molecule has 0 aliphatic carbocycles. The number of halogens is 1. The van der Waals surface area contributed by atoms with E-state index in [0.717, 1.165) is 35.8 Å². The van der Waals surface area contributed by atoms with E-state index in [1.807, 2.05) is 25.1 Å². The van der Waals surface area contributed by atoms with Crippen molar-refractivity contribution in [2.75, 3.05) is 20.3 Å². The highest BCUT2D eigenvalue weighted by Gasteiger charge is 2.08. The minimum absolute atomic E-state index is 0.0288. The molecular weight excluding hydrogens is 250 g/mol. The second-order valence-corrected chi connectivity index (χ2v) is 4.75. The zero-order valence-electron chi connectivity index (χ0n) is 11.3. The monoisotopic (exact) mass is 271 g/mol. The van der Waals surface area contributed by atoms with Crippen LogP contribution in [0.4, 0.5) is 0 Å².